The summed E-state index contributed by atoms with van der Waals surface area (Å²) in [5.41, 5.74) is 3.12. The van der Waals surface area contributed by atoms with Crippen molar-refractivity contribution in [3.63, 3.8) is 0 Å². The highest BCUT2D eigenvalue weighted by molar-refractivity contribution is 5.97. The number of ether oxygens (including phenoxy) is 1. The molecule has 1 N–H and O–H groups in total. The minimum atomic E-state index is -0.937. The van der Waals surface area contributed by atoms with Gasteiger partial charge in [0, 0.05) is 18.2 Å². The van der Waals surface area contributed by atoms with Gasteiger partial charge < -0.3 is 10.1 Å². The fourth-order valence-corrected chi connectivity index (χ4v) is 3.04. The lowest BCUT2D eigenvalue weighted by molar-refractivity contribution is 0.000375. The van der Waals surface area contributed by atoms with Crippen LogP contribution in [0, 0.1) is 26.6 Å². The van der Waals surface area contributed by atoms with E-state index >= 15 is 0 Å². The van der Waals surface area contributed by atoms with Crippen molar-refractivity contribution in [3.8, 4) is 0 Å². The predicted octanol–water partition coefficient (Wildman–Crippen LogP) is 4.04. The Hall–Kier alpha value is -2.20. The molecule has 128 valence electrons. The number of carbonyl (C=O) groups excluding carboxylic acids is 1. The van der Waals surface area contributed by atoms with Crippen LogP contribution in [0.1, 0.15) is 39.5 Å². The highest BCUT2D eigenvalue weighted by Gasteiger charge is 2.30. The lowest BCUT2D eigenvalue weighted by atomic mass is 9.94. The normalized spacial score (nSPS) is 13.4. The average molecular weight is 329 g/mol. The standard InChI is InChI=1S/C20H24FNO2/c1-13-10-14(2)18(15(3)11-13)19(23)22-12-20(4,24-5)16-8-6-7-9-17(16)21/h6-11H,12H2,1-5H3,(H,22,23). The number of aryl methyl sites for hydroxylation is 3. The van der Waals surface area contributed by atoms with E-state index in [-0.39, 0.29) is 18.3 Å². The number of halogens is 1. The molecule has 1 unspecified atom stereocenters. The first-order chi connectivity index (χ1) is 11.3. The Morgan fingerprint density at radius 3 is 2.29 bits per heavy atom. The molecule has 0 saturated carbocycles. The summed E-state index contributed by atoms with van der Waals surface area (Å²) in [7, 11) is 1.51. The average Bonchev–Trinajstić information content (AvgIpc) is 2.52. The Morgan fingerprint density at radius 2 is 1.75 bits per heavy atom. The first-order valence-corrected chi connectivity index (χ1v) is 7.94. The number of hydrogen-bond donors (Lipinski definition) is 1. The van der Waals surface area contributed by atoms with E-state index in [4.69, 9.17) is 4.74 Å². The van der Waals surface area contributed by atoms with Gasteiger partial charge in [0.1, 0.15) is 11.4 Å². The molecule has 0 aliphatic rings. The number of rotatable bonds is 5. The molecule has 0 saturated heterocycles. The first-order valence-electron chi connectivity index (χ1n) is 7.94. The van der Waals surface area contributed by atoms with Crippen molar-refractivity contribution in [1.29, 1.82) is 0 Å². The van der Waals surface area contributed by atoms with Crippen molar-refractivity contribution >= 4 is 5.91 Å². The zero-order valence-electron chi connectivity index (χ0n) is 14.9. The number of methoxy groups -OCH3 is 1. The topological polar surface area (TPSA) is 38.3 Å². The van der Waals surface area contributed by atoms with Gasteiger partial charge in [-0.15, -0.1) is 0 Å². The van der Waals surface area contributed by atoms with Crippen molar-refractivity contribution in [2.45, 2.75) is 33.3 Å². The van der Waals surface area contributed by atoms with Gasteiger partial charge in [-0.05, 0) is 44.9 Å². The van der Waals surface area contributed by atoms with Gasteiger partial charge in [0.05, 0.1) is 6.54 Å². The Kier molecular flexibility index (Phi) is 5.40. The molecule has 0 aliphatic heterocycles. The van der Waals surface area contributed by atoms with Crippen LogP contribution in [-0.4, -0.2) is 19.6 Å². The summed E-state index contributed by atoms with van der Waals surface area (Å²) in [5.74, 6) is -0.525. The van der Waals surface area contributed by atoms with E-state index in [1.54, 1.807) is 25.1 Å². The minimum Gasteiger partial charge on any atom is -0.372 e. The van der Waals surface area contributed by atoms with E-state index in [9.17, 15) is 9.18 Å². The number of benzene rings is 2. The van der Waals surface area contributed by atoms with E-state index < -0.39 is 5.60 Å². The SMILES string of the molecule is COC(C)(CNC(=O)c1c(C)cc(C)cc1C)c1ccccc1F. The third kappa shape index (κ3) is 3.65. The van der Waals surface area contributed by atoms with Gasteiger partial charge in [-0.3, -0.25) is 4.79 Å². The van der Waals surface area contributed by atoms with Crippen LogP contribution in [0.3, 0.4) is 0 Å². The molecule has 1 amide bonds. The molecule has 2 aromatic rings. The maximum Gasteiger partial charge on any atom is 0.251 e. The van der Waals surface area contributed by atoms with Gasteiger partial charge in [0.15, 0.2) is 0 Å². The molecule has 24 heavy (non-hydrogen) atoms. The fourth-order valence-electron chi connectivity index (χ4n) is 3.04. The molecule has 1 atom stereocenters. The van der Waals surface area contributed by atoms with Gasteiger partial charge in [-0.2, -0.15) is 0 Å². The summed E-state index contributed by atoms with van der Waals surface area (Å²) >= 11 is 0. The second-order valence-corrected chi connectivity index (χ2v) is 6.37. The Bertz CT molecular complexity index is 734. The van der Waals surface area contributed by atoms with E-state index in [1.165, 1.54) is 13.2 Å². The summed E-state index contributed by atoms with van der Waals surface area (Å²) in [6.07, 6.45) is 0. The van der Waals surface area contributed by atoms with Gasteiger partial charge in [0.25, 0.3) is 5.91 Å². The summed E-state index contributed by atoms with van der Waals surface area (Å²) in [6, 6.07) is 10.4. The molecule has 2 rings (SSSR count). The van der Waals surface area contributed by atoms with Crippen molar-refractivity contribution in [2.75, 3.05) is 13.7 Å². The predicted molar refractivity (Wildman–Crippen MR) is 93.7 cm³/mol. The van der Waals surface area contributed by atoms with Gasteiger partial charge in [-0.25, -0.2) is 4.39 Å². The van der Waals surface area contributed by atoms with Crippen molar-refractivity contribution < 1.29 is 13.9 Å². The molecular formula is C20H24FNO2. The van der Waals surface area contributed by atoms with Crippen LogP contribution in [-0.2, 0) is 10.3 Å². The van der Waals surface area contributed by atoms with Crippen LogP contribution in [0.4, 0.5) is 4.39 Å². The minimum absolute atomic E-state index is 0.176. The molecular weight excluding hydrogens is 305 g/mol. The quantitative estimate of drug-likeness (QED) is 0.899. The second-order valence-electron chi connectivity index (χ2n) is 6.37. The van der Waals surface area contributed by atoms with Crippen LogP contribution >= 0.6 is 0 Å². The Labute approximate surface area is 142 Å². The molecule has 4 heteroatoms. The van der Waals surface area contributed by atoms with Crippen LogP contribution in [0.25, 0.3) is 0 Å². The molecule has 0 radical (unpaired) electrons. The number of carbonyl (C=O) groups is 1. The smallest absolute Gasteiger partial charge is 0.251 e. The number of hydrogen-bond acceptors (Lipinski definition) is 2. The maximum absolute atomic E-state index is 14.1. The third-order valence-corrected chi connectivity index (χ3v) is 4.38. The van der Waals surface area contributed by atoms with E-state index in [2.05, 4.69) is 5.32 Å². The van der Waals surface area contributed by atoms with E-state index in [0.717, 1.165) is 16.7 Å². The van der Waals surface area contributed by atoms with Gasteiger partial charge in [0.2, 0.25) is 0 Å². The molecule has 0 spiro atoms. The van der Waals surface area contributed by atoms with Crippen molar-refractivity contribution in [1.82, 2.24) is 5.32 Å². The van der Waals surface area contributed by atoms with Crippen LogP contribution in [0.15, 0.2) is 36.4 Å². The molecule has 2 aromatic carbocycles. The molecule has 3 nitrogen and oxygen atoms in total. The first kappa shape index (κ1) is 18.1. The van der Waals surface area contributed by atoms with Crippen molar-refractivity contribution in [2.24, 2.45) is 0 Å². The molecule has 0 bridgehead atoms. The molecule has 0 heterocycles. The molecule has 0 fully saturated rings. The van der Waals surface area contributed by atoms with Gasteiger partial charge in [-0.1, -0.05) is 35.9 Å². The summed E-state index contributed by atoms with van der Waals surface area (Å²) < 4.78 is 19.6. The third-order valence-electron chi connectivity index (χ3n) is 4.38. The highest BCUT2D eigenvalue weighted by atomic mass is 19.1. The highest BCUT2D eigenvalue weighted by Crippen LogP contribution is 2.26. The van der Waals surface area contributed by atoms with Crippen LogP contribution in [0.5, 0.6) is 0 Å². The largest absolute Gasteiger partial charge is 0.372 e. The lowest BCUT2D eigenvalue weighted by Crippen LogP contribution is -2.41. The zero-order valence-corrected chi connectivity index (χ0v) is 14.9. The number of nitrogens with one attached hydrogen (secondary N) is 1. The summed E-state index contributed by atoms with van der Waals surface area (Å²) in [6.45, 7) is 7.78. The number of amides is 1. The Balaban J connectivity index is 2.23. The second kappa shape index (κ2) is 7.14. The zero-order chi connectivity index (χ0) is 17.9. The summed E-state index contributed by atoms with van der Waals surface area (Å²) in [4.78, 5) is 12.6. The molecule has 0 aliphatic carbocycles. The fraction of sp³-hybridized carbons (Fsp3) is 0.350. The van der Waals surface area contributed by atoms with Crippen LogP contribution < -0.4 is 5.32 Å². The van der Waals surface area contributed by atoms with Crippen LogP contribution in [0.2, 0.25) is 0 Å². The summed E-state index contributed by atoms with van der Waals surface area (Å²) in [5, 5.41) is 2.89. The Morgan fingerprint density at radius 1 is 1.17 bits per heavy atom. The van der Waals surface area contributed by atoms with Gasteiger partial charge >= 0.3 is 0 Å². The van der Waals surface area contributed by atoms with Crippen molar-refractivity contribution in [3.05, 3.63) is 70.0 Å². The lowest BCUT2D eigenvalue weighted by Gasteiger charge is -2.29. The maximum atomic E-state index is 14.1. The van der Waals surface area contributed by atoms with E-state index in [1.807, 2.05) is 32.9 Å². The monoisotopic (exact) mass is 329 g/mol. The molecule has 0 aromatic heterocycles. The van der Waals surface area contributed by atoms with E-state index in [0.29, 0.717) is 11.1 Å².